The molecule has 25 heavy (non-hydrogen) atoms. The van der Waals surface area contributed by atoms with Crippen LogP contribution in [0.1, 0.15) is 11.3 Å². The molecule has 0 aliphatic heterocycles. The van der Waals surface area contributed by atoms with E-state index in [2.05, 4.69) is 5.10 Å². The molecule has 0 aliphatic rings. The van der Waals surface area contributed by atoms with Gasteiger partial charge in [-0.1, -0.05) is 29.8 Å². The lowest BCUT2D eigenvalue weighted by Gasteiger charge is -2.09. The van der Waals surface area contributed by atoms with Crippen molar-refractivity contribution in [1.29, 1.82) is 0 Å². The molecule has 2 N–H and O–H groups in total. The van der Waals surface area contributed by atoms with E-state index in [1.54, 1.807) is 12.1 Å². The van der Waals surface area contributed by atoms with Crippen LogP contribution >= 0.6 is 0 Å². The summed E-state index contributed by atoms with van der Waals surface area (Å²) in [5, 5.41) is 9.01. The van der Waals surface area contributed by atoms with Gasteiger partial charge in [0.05, 0.1) is 22.7 Å². The first-order valence-electron chi connectivity index (χ1n) is 7.26. The van der Waals surface area contributed by atoms with Gasteiger partial charge in [-0.05, 0) is 37.3 Å². The molecule has 130 valence electrons. The van der Waals surface area contributed by atoms with Crippen molar-refractivity contribution in [2.45, 2.75) is 18.0 Å². The Balaban J connectivity index is 2.13. The fraction of sp³-hybridized carbons (Fsp3) is 0.118. The van der Waals surface area contributed by atoms with Gasteiger partial charge in [-0.25, -0.2) is 4.68 Å². The third kappa shape index (κ3) is 3.71. The predicted octanol–water partition coefficient (Wildman–Crippen LogP) is 3.85. The Morgan fingerprint density at radius 2 is 1.64 bits per heavy atom. The van der Waals surface area contributed by atoms with E-state index >= 15 is 0 Å². The predicted molar refractivity (Wildman–Crippen MR) is 89.3 cm³/mol. The molecule has 1 heterocycles. The number of rotatable bonds is 3. The maximum absolute atomic E-state index is 13.1. The summed E-state index contributed by atoms with van der Waals surface area (Å²) >= 11 is -1.66. The topological polar surface area (TPSA) is 66.9 Å². The lowest BCUT2D eigenvalue weighted by atomic mass is 10.1. The van der Waals surface area contributed by atoms with Crippen molar-refractivity contribution in [3.05, 3.63) is 65.9 Å². The number of nitrogens with zero attached hydrogens (tertiary/aromatic N) is 2. The molecule has 2 aromatic carbocycles. The zero-order valence-corrected chi connectivity index (χ0v) is 13.9. The van der Waals surface area contributed by atoms with Crippen LogP contribution in [0.15, 0.2) is 59.5 Å². The molecule has 0 unspecified atom stereocenters. The summed E-state index contributed by atoms with van der Waals surface area (Å²) < 4.78 is 51.8. The Labute approximate surface area is 145 Å². The number of hydrogen-bond donors (Lipinski definition) is 1. The van der Waals surface area contributed by atoms with Gasteiger partial charge in [0, 0.05) is 5.56 Å². The molecule has 0 amide bonds. The van der Waals surface area contributed by atoms with Gasteiger partial charge in [0.2, 0.25) is 0 Å². The zero-order chi connectivity index (χ0) is 18.2. The van der Waals surface area contributed by atoms with Crippen LogP contribution in [0.4, 0.5) is 13.2 Å². The van der Waals surface area contributed by atoms with Gasteiger partial charge in [-0.3, -0.25) is 0 Å². The molecule has 0 saturated carbocycles. The molecular formula is C17H14F3N3OS. The normalized spacial score (nSPS) is 13.0. The Kier molecular flexibility index (Phi) is 4.59. The molecule has 8 heteroatoms. The average molecular weight is 365 g/mol. The molecule has 0 aliphatic carbocycles. The van der Waals surface area contributed by atoms with Crippen LogP contribution in [0.25, 0.3) is 16.9 Å². The van der Waals surface area contributed by atoms with Crippen molar-refractivity contribution in [2.24, 2.45) is 5.14 Å². The molecule has 1 atom stereocenters. The molecule has 0 radical (unpaired) electrons. The summed E-state index contributed by atoms with van der Waals surface area (Å²) in [7, 11) is 0. The summed E-state index contributed by atoms with van der Waals surface area (Å²) in [4.78, 5) is 0.379. The van der Waals surface area contributed by atoms with E-state index in [9.17, 15) is 17.7 Å². The molecule has 0 spiro atoms. The Morgan fingerprint density at radius 1 is 1.04 bits per heavy atom. The minimum atomic E-state index is -4.55. The summed E-state index contributed by atoms with van der Waals surface area (Å²) in [6.45, 7) is 1.90. The third-order valence-corrected chi connectivity index (χ3v) is 4.40. The molecule has 0 saturated heterocycles. The number of benzene rings is 2. The number of aryl methyl sites for hydroxylation is 1. The number of halogens is 3. The summed E-state index contributed by atoms with van der Waals surface area (Å²) in [5.41, 5.74) is 1.37. The van der Waals surface area contributed by atoms with Gasteiger partial charge in [0.15, 0.2) is 10.6 Å². The van der Waals surface area contributed by atoms with Crippen molar-refractivity contribution in [3.63, 3.8) is 0 Å². The fourth-order valence-electron chi connectivity index (χ4n) is 2.37. The van der Waals surface area contributed by atoms with Crippen LogP contribution < -0.4 is 5.14 Å². The first-order valence-corrected chi connectivity index (χ1v) is 8.48. The number of nitrogens with two attached hydrogens (primary N) is 1. The zero-order valence-electron chi connectivity index (χ0n) is 13.1. The molecule has 1 aromatic heterocycles. The lowest BCUT2D eigenvalue weighted by Crippen LogP contribution is -2.12. The molecule has 4 nitrogen and oxygen atoms in total. The molecule has 3 rings (SSSR count). The largest absolute Gasteiger partial charge is 0.593 e. The maximum atomic E-state index is 13.1. The van der Waals surface area contributed by atoms with Crippen LogP contribution in [-0.4, -0.2) is 14.3 Å². The highest BCUT2D eigenvalue weighted by Gasteiger charge is 2.35. The summed E-state index contributed by atoms with van der Waals surface area (Å²) in [5.74, 6) is 0. The van der Waals surface area contributed by atoms with Crippen molar-refractivity contribution in [2.75, 3.05) is 0 Å². The monoisotopic (exact) mass is 365 g/mol. The van der Waals surface area contributed by atoms with Gasteiger partial charge in [0.1, 0.15) is 0 Å². The van der Waals surface area contributed by atoms with Crippen LogP contribution in [0.5, 0.6) is 0 Å². The fourth-order valence-corrected chi connectivity index (χ4v) is 2.77. The highest BCUT2D eigenvalue weighted by Crippen LogP contribution is 2.33. The van der Waals surface area contributed by atoms with Gasteiger partial charge in [-0.2, -0.15) is 18.3 Å². The second-order valence-corrected chi connectivity index (χ2v) is 6.55. The minimum Gasteiger partial charge on any atom is -0.593 e. The molecule has 0 bridgehead atoms. The highest BCUT2D eigenvalue weighted by molar-refractivity contribution is 7.89. The van der Waals surface area contributed by atoms with Crippen molar-refractivity contribution < 1.29 is 17.7 Å². The molecule has 0 fully saturated rings. The Morgan fingerprint density at radius 3 is 2.16 bits per heavy atom. The number of alkyl halides is 3. The van der Waals surface area contributed by atoms with Crippen LogP contribution in [0, 0.1) is 6.92 Å². The van der Waals surface area contributed by atoms with Gasteiger partial charge < -0.3 is 4.55 Å². The minimum absolute atomic E-state index is 0.314. The van der Waals surface area contributed by atoms with Crippen molar-refractivity contribution in [3.8, 4) is 16.9 Å². The lowest BCUT2D eigenvalue weighted by molar-refractivity contribution is -0.141. The average Bonchev–Trinajstić information content (AvgIpc) is 3.01. The van der Waals surface area contributed by atoms with Crippen molar-refractivity contribution >= 4 is 11.4 Å². The number of aromatic nitrogens is 2. The third-order valence-electron chi connectivity index (χ3n) is 3.66. The highest BCUT2D eigenvalue weighted by atomic mass is 32.2. The maximum Gasteiger partial charge on any atom is 0.435 e. The van der Waals surface area contributed by atoms with E-state index in [1.165, 1.54) is 28.9 Å². The van der Waals surface area contributed by atoms with Crippen molar-refractivity contribution in [1.82, 2.24) is 9.78 Å². The first-order chi connectivity index (χ1) is 11.8. The van der Waals surface area contributed by atoms with Gasteiger partial charge in [0.25, 0.3) is 0 Å². The van der Waals surface area contributed by atoms with Crippen LogP contribution in [-0.2, 0) is 17.5 Å². The Bertz CT molecular complexity index is 872. The second kappa shape index (κ2) is 6.55. The first kappa shape index (κ1) is 17.5. The number of hydrogen-bond acceptors (Lipinski definition) is 3. The standard InChI is InChI=1S/C17H14F3N3OS/c1-11-2-4-12(5-3-11)15-10-16(17(18,19)20)22-23(15)13-6-8-14(9-7-13)25(21)24/h2-10H,21H2,1H3/t25-/m1/s1. The van der Waals surface area contributed by atoms with E-state index in [-0.39, 0.29) is 0 Å². The summed E-state index contributed by atoms with van der Waals surface area (Å²) in [6.07, 6.45) is -4.55. The van der Waals surface area contributed by atoms with E-state index in [0.29, 0.717) is 21.8 Å². The summed E-state index contributed by atoms with van der Waals surface area (Å²) in [6, 6.07) is 14.2. The second-order valence-electron chi connectivity index (χ2n) is 5.48. The van der Waals surface area contributed by atoms with E-state index < -0.39 is 23.2 Å². The van der Waals surface area contributed by atoms with E-state index in [1.807, 2.05) is 19.1 Å². The van der Waals surface area contributed by atoms with Gasteiger partial charge in [-0.15, -0.1) is 5.14 Å². The van der Waals surface area contributed by atoms with Crippen LogP contribution in [0.3, 0.4) is 0 Å². The van der Waals surface area contributed by atoms with Gasteiger partial charge >= 0.3 is 6.18 Å². The SMILES string of the molecule is Cc1ccc(-c2cc(C(F)(F)F)nn2-c2ccc([S@+](N)[O-])cc2)cc1. The van der Waals surface area contributed by atoms with Crippen LogP contribution in [0.2, 0.25) is 0 Å². The Hall–Kier alpha value is -2.29. The van der Waals surface area contributed by atoms with E-state index in [0.717, 1.165) is 11.6 Å². The van der Waals surface area contributed by atoms with E-state index in [4.69, 9.17) is 5.14 Å². The molecular weight excluding hydrogens is 351 g/mol. The smallest absolute Gasteiger partial charge is 0.435 e. The molecule has 3 aromatic rings. The quantitative estimate of drug-likeness (QED) is 0.717.